The Morgan fingerprint density at radius 2 is 1.54 bits per heavy atom. The number of benzene rings is 3. The van der Waals surface area contributed by atoms with Crippen molar-refractivity contribution in [1.82, 2.24) is 9.80 Å². The molecule has 9 heteroatoms. The van der Waals surface area contributed by atoms with Crippen LogP contribution in [-0.4, -0.2) is 35.3 Å². The van der Waals surface area contributed by atoms with Crippen molar-refractivity contribution in [3.8, 4) is 0 Å². The van der Waals surface area contributed by atoms with Gasteiger partial charge in [0.2, 0.25) is 0 Å². The van der Waals surface area contributed by atoms with Gasteiger partial charge in [0.1, 0.15) is 11.9 Å². The van der Waals surface area contributed by atoms with Crippen molar-refractivity contribution >= 4 is 52.2 Å². The van der Waals surface area contributed by atoms with Gasteiger partial charge in [-0.3, -0.25) is 4.79 Å². The lowest BCUT2D eigenvalue weighted by atomic mass is 10.1. The van der Waals surface area contributed by atoms with E-state index in [0.29, 0.717) is 38.9 Å². The van der Waals surface area contributed by atoms with E-state index in [-0.39, 0.29) is 24.8 Å². The molecule has 4 nitrogen and oxygen atoms in total. The Kier molecular flexibility index (Phi) is 8.58. The molecule has 0 aliphatic carbocycles. The van der Waals surface area contributed by atoms with Gasteiger partial charge in [0.25, 0.3) is 0 Å². The van der Waals surface area contributed by atoms with Gasteiger partial charge in [-0.1, -0.05) is 58.5 Å². The number of nitrogens with zero attached hydrogens (tertiary/aromatic N) is 2. The van der Waals surface area contributed by atoms with Gasteiger partial charge in [-0.05, 0) is 54.1 Å². The SMILES string of the molecule is O=C(CN1C=CN(CC(OCc2ccc(Cl)cc2Cl)c2ccc(Cl)cc2Cl)C1)c1ccc(F)cc1. The summed E-state index contributed by atoms with van der Waals surface area (Å²) in [4.78, 5) is 16.5. The lowest BCUT2D eigenvalue weighted by molar-refractivity contribution is 0.0198. The van der Waals surface area contributed by atoms with Gasteiger partial charge in [-0.15, -0.1) is 0 Å². The summed E-state index contributed by atoms with van der Waals surface area (Å²) in [5.74, 6) is -0.469. The zero-order valence-electron chi connectivity index (χ0n) is 18.4. The van der Waals surface area contributed by atoms with Crippen LogP contribution in [0.15, 0.2) is 73.1 Å². The van der Waals surface area contributed by atoms with Crippen LogP contribution in [-0.2, 0) is 11.3 Å². The molecule has 0 amide bonds. The molecule has 0 spiro atoms. The first-order chi connectivity index (χ1) is 16.8. The molecule has 0 saturated carbocycles. The number of Topliss-reactive ketones (excluding diaryl/α,β-unsaturated/α-hetero) is 1. The summed E-state index contributed by atoms with van der Waals surface area (Å²) in [6.07, 6.45) is 3.34. The molecule has 1 unspecified atom stereocenters. The number of rotatable bonds is 9. The fourth-order valence-corrected chi connectivity index (χ4v) is 4.69. The summed E-state index contributed by atoms with van der Waals surface area (Å²) < 4.78 is 19.4. The monoisotopic (exact) mass is 552 g/mol. The van der Waals surface area contributed by atoms with Crippen LogP contribution in [0.2, 0.25) is 20.1 Å². The summed E-state index contributed by atoms with van der Waals surface area (Å²) in [5, 5.41) is 2.10. The highest BCUT2D eigenvalue weighted by molar-refractivity contribution is 6.35. The van der Waals surface area contributed by atoms with E-state index >= 15 is 0 Å². The summed E-state index contributed by atoms with van der Waals surface area (Å²) in [6, 6.07) is 16.1. The van der Waals surface area contributed by atoms with E-state index in [9.17, 15) is 9.18 Å². The summed E-state index contributed by atoms with van der Waals surface area (Å²) in [6.45, 7) is 1.39. The zero-order chi connectivity index (χ0) is 24.9. The van der Waals surface area contributed by atoms with Crippen molar-refractivity contribution in [3.05, 3.63) is 116 Å². The van der Waals surface area contributed by atoms with Crippen molar-refractivity contribution in [2.45, 2.75) is 12.7 Å². The van der Waals surface area contributed by atoms with E-state index < -0.39 is 6.10 Å². The van der Waals surface area contributed by atoms with Crippen LogP contribution in [0.1, 0.15) is 27.6 Å². The Balaban J connectivity index is 1.43. The van der Waals surface area contributed by atoms with E-state index in [4.69, 9.17) is 51.1 Å². The van der Waals surface area contributed by atoms with E-state index in [1.165, 1.54) is 24.3 Å². The fourth-order valence-electron chi connectivity index (χ4n) is 3.69. The second-order valence-electron chi connectivity index (χ2n) is 8.09. The number of ketones is 1. The van der Waals surface area contributed by atoms with Crippen LogP contribution in [0.3, 0.4) is 0 Å². The molecule has 0 N–H and O–H groups in total. The predicted molar refractivity (Wildman–Crippen MR) is 139 cm³/mol. The van der Waals surface area contributed by atoms with Crippen molar-refractivity contribution in [2.75, 3.05) is 19.8 Å². The van der Waals surface area contributed by atoms with Gasteiger partial charge in [0.05, 0.1) is 19.8 Å². The van der Waals surface area contributed by atoms with Gasteiger partial charge in [-0.25, -0.2) is 4.39 Å². The van der Waals surface area contributed by atoms with E-state index in [1.54, 1.807) is 24.3 Å². The molecule has 4 rings (SSSR count). The third kappa shape index (κ3) is 6.90. The largest absolute Gasteiger partial charge is 0.367 e. The lowest BCUT2D eigenvalue weighted by Gasteiger charge is -2.27. The maximum Gasteiger partial charge on any atom is 0.182 e. The number of halogens is 5. The third-order valence-corrected chi connectivity index (χ3v) is 6.68. The first-order valence-electron chi connectivity index (χ1n) is 10.7. The van der Waals surface area contributed by atoms with Crippen molar-refractivity contribution in [3.63, 3.8) is 0 Å². The molecule has 35 heavy (non-hydrogen) atoms. The third-order valence-electron chi connectivity index (χ3n) is 5.53. The predicted octanol–water partition coefficient (Wildman–Crippen LogP) is 7.63. The molecule has 0 saturated heterocycles. The standard InChI is InChI=1S/C26H21Cl4FN2O2/c27-19-4-1-18(23(29)11-19)15-35-26(22-8-5-20(28)12-24(22)30)14-33-10-9-32(16-33)13-25(34)17-2-6-21(31)7-3-17/h1-12,26H,13-16H2. The highest BCUT2D eigenvalue weighted by Crippen LogP contribution is 2.32. The van der Waals surface area contributed by atoms with Gasteiger partial charge < -0.3 is 14.5 Å². The minimum absolute atomic E-state index is 0.0950. The van der Waals surface area contributed by atoms with Crippen LogP contribution in [0.4, 0.5) is 4.39 Å². The molecular weight excluding hydrogens is 533 g/mol. The molecule has 1 heterocycles. The van der Waals surface area contributed by atoms with Crippen molar-refractivity contribution in [2.24, 2.45) is 0 Å². The molecule has 0 radical (unpaired) electrons. The normalized spacial score (nSPS) is 14.0. The van der Waals surface area contributed by atoms with Crippen LogP contribution in [0.5, 0.6) is 0 Å². The van der Waals surface area contributed by atoms with Crippen LogP contribution in [0.25, 0.3) is 0 Å². The smallest absolute Gasteiger partial charge is 0.182 e. The summed E-state index contributed by atoms with van der Waals surface area (Å²) >= 11 is 24.9. The van der Waals surface area contributed by atoms with Crippen LogP contribution in [0, 0.1) is 5.82 Å². The summed E-state index contributed by atoms with van der Waals surface area (Å²) in [7, 11) is 0. The molecule has 0 aromatic heterocycles. The van der Waals surface area contributed by atoms with Gasteiger partial charge in [-0.2, -0.15) is 0 Å². The Labute approximate surface area is 223 Å². The number of ether oxygens (including phenoxy) is 1. The van der Waals surface area contributed by atoms with Gasteiger partial charge in [0.15, 0.2) is 5.78 Å². The molecule has 1 atom stereocenters. The Bertz CT molecular complexity index is 1240. The maximum absolute atomic E-state index is 13.1. The molecule has 0 fully saturated rings. The molecule has 182 valence electrons. The lowest BCUT2D eigenvalue weighted by Crippen LogP contribution is -2.32. The van der Waals surface area contributed by atoms with Gasteiger partial charge in [0, 0.05) is 50.2 Å². The number of hydrogen-bond acceptors (Lipinski definition) is 4. The molecular formula is C26H21Cl4FN2O2. The second kappa shape index (κ2) is 11.6. The zero-order valence-corrected chi connectivity index (χ0v) is 21.5. The van der Waals surface area contributed by atoms with Crippen LogP contribution >= 0.6 is 46.4 Å². The highest BCUT2D eigenvalue weighted by atomic mass is 35.5. The molecule has 3 aromatic carbocycles. The molecule has 0 bridgehead atoms. The first kappa shape index (κ1) is 25.8. The second-order valence-corrected chi connectivity index (χ2v) is 9.78. The van der Waals surface area contributed by atoms with Crippen molar-refractivity contribution < 1.29 is 13.9 Å². The Morgan fingerprint density at radius 3 is 2.23 bits per heavy atom. The average molecular weight is 554 g/mol. The first-order valence-corrected chi connectivity index (χ1v) is 12.3. The fraction of sp³-hybridized carbons (Fsp3) is 0.192. The molecule has 1 aliphatic rings. The molecule has 1 aliphatic heterocycles. The minimum Gasteiger partial charge on any atom is -0.367 e. The van der Waals surface area contributed by atoms with Gasteiger partial charge >= 0.3 is 0 Å². The molecule has 3 aromatic rings. The van der Waals surface area contributed by atoms with E-state index in [1.807, 2.05) is 34.3 Å². The number of carbonyl (C=O) groups excluding carboxylic acids is 1. The van der Waals surface area contributed by atoms with Crippen molar-refractivity contribution in [1.29, 1.82) is 0 Å². The topological polar surface area (TPSA) is 32.8 Å². The minimum atomic E-state index is -0.399. The average Bonchev–Trinajstić information content (AvgIpc) is 3.25. The summed E-state index contributed by atoms with van der Waals surface area (Å²) in [5.41, 5.74) is 2.05. The Morgan fingerprint density at radius 1 is 0.886 bits per heavy atom. The highest BCUT2D eigenvalue weighted by Gasteiger charge is 2.23. The maximum atomic E-state index is 13.1. The Hall–Kier alpha value is -2.28. The van der Waals surface area contributed by atoms with E-state index in [2.05, 4.69) is 0 Å². The quantitative estimate of drug-likeness (QED) is 0.255. The number of carbonyl (C=O) groups is 1. The van der Waals surface area contributed by atoms with E-state index in [0.717, 1.165) is 11.1 Å². The van der Waals surface area contributed by atoms with Crippen LogP contribution < -0.4 is 0 Å². The number of hydrogen-bond donors (Lipinski definition) is 0.